The number of halogens is 1. The molecule has 26 heavy (non-hydrogen) atoms. The molecule has 132 valence electrons. The minimum absolute atomic E-state index is 0.283. The van der Waals surface area contributed by atoms with Crippen molar-refractivity contribution in [1.29, 1.82) is 0 Å². The van der Waals surface area contributed by atoms with E-state index in [0.717, 1.165) is 11.1 Å². The first-order valence-electron chi connectivity index (χ1n) is 8.08. The van der Waals surface area contributed by atoms with Gasteiger partial charge in [0, 0.05) is 35.3 Å². The van der Waals surface area contributed by atoms with E-state index in [-0.39, 0.29) is 11.6 Å². The van der Waals surface area contributed by atoms with Crippen LogP contribution in [0.5, 0.6) is 0 Å². The first-order chi connectivity index (χ1) is 12.5. The number of anilines is 2. The van der Waals surface area contributed by atoms with Crippen molar-refractivity contribution in [2.24, 2.45) is 0 Å². The maximum atomic E-state index is 12.6. The van der Waals surface area contributed by atoms with Crippen LogP contribution < -0.4 is 10.6 Å². The minimum Gasteiger partial charge on any atom is -0.350 e. The van der Waals surface area contributed by atoms with Gasteiger partial charge >= 0.3 is 0 Å². The van der Waals surface area contributed by atoms with E-state index in [4.69, 9.17) is 11.6 Å². The maximum Gasteiger partial charge on any atom is 0.274 e. The normalized spacial score (nSPS) is 10.4. The number of nitrogens with one attached hydrogen (secondary N) is 2. The molecule has 0 aliphatic rings. The molecule has 0 fully saturated rings. The van der Waals surface area contributed by atoms with Crippen LogP contribution in [0.15, 0.2) is 48.8 Å². The Balaban J connectivity index is 1.76. The van der Waals surface area contributed by atoms with Gasteiger partial charge in [0.25, 0.3) is 5.91 Å². The van der Waals surface area contributed by atoms with Crippen molar-refractivity contribution in [3.8, 4) is 0 Å². The third-order valence-electron chi connectivity index (χ3n) is 3.78. The number of hydrogen-bond acceptors (Lipinski definition) is 5. The van der Waals surface area contributed by atoms with Crippen molar-refractivity contribution in [3.63, 3.8) is 0 Å². The number of aryl methyl sites for hydroxylation is 1. The van der Waals surface area contributed by atoms with Crippen molar-refractivity contribution in [1.82, 2.24) is 15.0 Å². The molecule has 6 nitrogen and oxygen atoms in total. The Bertz CT molecular complexity index is 930. The molecule has 0 saturated carbocycles. The highest BCUT2D eigenvalue weighted by molar-refractivity contribution is 6.31. The zero-order chi connectivity index (χ0) is 18.5. The SMILES string of the molecule is Cc1cc(C(=O)Nc2cccc(Cl)c2C)nc(NCc2cccnc2)n1. The average molecular weight is 368 g/mol. The summed E-state index contributed by atoms with van der Waals surface area (Å²) in [4.78, 5) is 25.3. The molecule has 0 saturated heterocycles. The van der Waals surface area contributed by atoms with Crippen molar-refractivity contribution < 1.29 is 4.79 Å². The molecule has 2 aromatic heterocycles. The van der Waals surface area contributed by atoms with Gasteiger partial charge < -0.3 is 10.6 Å². The summed E-state index contributed by atoms with van der Waals surface area (Å²) >= 11 is 6.10. The number of pyridine rings is 1. The minimum atomic E-state index is -0.315. The van der Waals surface area contributed by atoms with Gasteiger partial charge in [-0.2, -0.15) is 0 Å². The summed E-state index contributed by atoms with van der Waals surface area (Å²) in [7, 11) is 0. The van der Waals surface area contributed by atoms with Crippen LogP contribution in [0.1, 0.15) is 27.3 Å². The van der Waals surface area contributed by atoms with Gasteiger partial charge in [0.05, 0.1) is 0 Å². The fourth-order valence-corrected chi connectivity index (χ4v) is 2.55. The van der Waals surface area contributed by atoms with Gasteiger partial charge in [0.2, 0.25) is 5.95 Å². The van der Waals surface area contributed by atoms with E-state index in [1.54, 1.807) is 36.7 Å². The summed E-state index contributed by atoms with van der Waals surface area (Å²) in [5, 5.41) is 6.56. The molecule has 0 radical (unpaired) electrons. The Morgan fingerprint density at radius 1 is 1.15 bits per heavy atom. The van der Waals surface area contributed by atoms with Gasteiger partial charge in [-0.15, -0.1) is 0 Å². The molecule has 7 heteroatoms. The van der Waals surface area contributed by atoms with Crippen LogP contribution in [0.25, 0.3) is 0 Å². The average Bonchev–Trinajstić information content (AvgIpc) is 2.64. The van der Waals surface area contributed by atoms with Crippen LogP contribution in [-0.2, 0) is 6.54 Å². The lowest BCUT2D eigenvalue weighted by Gasteiger charge is -2.11. The summed E-state index contributed by atoms with van der Waals surface area (Å²) < 4.78 is 0. The highest BCUT2D eigenvalue weighted by Crippen LogP contribution is 2.23. The molecule has 1 amide bonds. The predicted molar refractivity (Wildman–Crippen MR) is 102 cm³/mol. The van der Waals surface area contributed by atoms with Crippen LogP contribution in [0.3, 0.4) is 0 Å². The molecule has 2 heterocycles. The molecule has 3 aromatic rings. The molecule has 2 N–H and O–H groups in total. The molecule has 0 aliphatic heterocycles. The van der Waals surface area contributed by atoms with Crippen molar-refractivity contribution >= 4 is 29.1 Å². The van der Waals surface area contributed by atoms with Gasteiger partial charge in [0.1, 0.15) is 5.69 Å². The Hall–Kier alpha value is -2.99. The van der Waals surface area contributed by atoms with Crippen LogP contribution >= 0.6 is 11.6 Å². The number of hydrogen-bond donors (Lipinski definition) is 2. The maximum absolute atomic E-state index is 12.6. The second-order valence-corrected chi connectivity index (χ2v) is 6.21. The Morgan fingerprint density at radius 2 is 2.00 bits per heavy atom. The van der Waals surface area contributed by atoms with E-state index in [9.17, 15) is 4.79 Å². The molecule has 1 aromatic carbocycles. The smallest absolute Gasteiger partial charge is 0.274 e. The highest BCUT2D eigenvalue weighted by atomic mass is 35.5. The lowest BCUT2D eigenvalue weighted by atomic mass is 10.2. The van der Waals surface area contributed by atoms with Gasteiger partial charge in [-0.3, -0.25) is 9.78 Å². The molecular weight excluding hydrogens is 350 g/mol. The van der Waals surface area contributed by atoms with E-state index in [1.165, 1.54) is 0 Å². The number of benzene rings is 1. The molecule has 0 atom stereocenters. The highest BCUT2D eigenvalue weighted by Gasteiger charge is 2.13. The lowest BCUT2D eigenvalue weighted by Crippen LogP contribution is -2.16. The number of amides is 1. The van der Waals surface area contributed by atoms with E-state index in [0.29, 0.717) is 28.9 Å². The van der Waals surface area contributed by atoms with Gasteiger partial charge in [-0.05, 0) is 49.2 Å². The molecular formula is C19H18ClN5O. The van der Waals surface area contributed by atoms with E-state index in [1.807, 2.05) is 26.0 Å². The summed E-state index contributed by atoms with van der Waals surface area (Å²) in [5.41, 5.74) is 3.44. The second-order valence-electron chi connectivity index (χ2n) is 5.80. The second kappa shape index (κ2) is 7.93. The van der Waals surface area contributed by atoms with Crippen LogP contribution in [0.4, 0.5) is 11.6 Å². The largest absolute Gasteiger partial charge is 0.350 e. The Morgan fingerprint density at radius 3 is 2.77 bits per heavy atom. The number of aromatic nitrogens is 3. The quantitative estimate of drug-likeness (QED) is 0.712. The third-order valence-corrected chi connectivity index (χ3v) is 4.19. The van der Waals surface area contributed by atoms with Gasteiger partial charge in [-0.25, -0.2) is 9.97 Å². The molecule has 0 bridgehead atoms. The summed E-state index contributed by atoms with van der Waals surface area (Å²) in [5.74, 6) is 0.0760. The van der Waals surface area contributed by atoms with Crippen LogP contribution in [-0.4, -0.2) is 20.9 Å². The monoisotopic (exact) mass is 367 g/mol. The van der Waals surface area contributed by atoms with E-state index < -0.39 is 0 Å². The molecule has 3 rings (SSSR count). The standard InChI is InChI=1S/C19H18ClN5O/c1-12-9-17(18(26)24-16-7-3-6-15(20)13(16)2)25-19(23-12)22-11-14-5-4-8-21-10-14/h3-10H,11H2,1-2H3,(H,24,26)(H,22,23,25). The van der Waals surface area contributed by atoms with Gasteiger partial charge in [-0.1, -0.05) is 23.7 Å². The lowest BCUT2D eigenvalue weighted by molar-refractivity contribution is 0.102. The fourth-order valence-electron chi connectivity index (χ4n) is 2.38. The van der Waals surface area contributed by atoms with Crippen LogP contribution in [0, 0.1) is 13.8 Å². The van der Waals surface area contributed by atoms with E-state index >= 15 is 0 Å². The van der Waals surface area contributed by atoms with E-state index in [2.05, 4.69) is 25.6 Å². The summed E-state index contributed by atoms with van der Waals surface area (Å²) in [6, 6.07) is 10.8. The summed E-state index contributed by atoms with van der Waals surface area (Å²) in [6.07, 6.45) is 3.48. The number of carbonyl (C=O) groups excluding carboxylic acids is 1. The summed E-state index contributed by atoms with van der Waals surface area (Å²) in [6.45, 7) is 4.19. The topological polar surface area (TPSA) is 79.8 Å². The molecule has 0 unspecified atom stereocenters. The molecule has 0 aliphatic carbocycles. The van der Waals surface area contributed by atoms with Gasteiger partial charge in [0.15, 0.2) is 0 Å². The van der Waals surface area contributed by atoms with Crippen molar-refractivity contribution in [2.75, 3.05) is 10.6 Å². The Kier molecular flexibility index (Phi) is 5.43. The number of carbonyl (C=O) groups is 1. The molecule has 0 spiro atoms. The zero-order valence-corrected chi connectivity index (χ0v) is 15.2. The zero-order valence-electron chi connectivity index (χ0n) is 14.5. The predicted octanol–water partition coefficient (Wildman–Crippen LogP) is 4.01. The van der Waals surface area contributed by atoms with Crippen molar-refractivity contribution in [3.05, 3.63) is 76.3 Å². The third kappa shape index (κ3) is 4.34. The first kappa shape index (κ1) is 17.8. The van der Waals surface area contributed by atoms with Crippen LogP contribution in [0.2, 0.25) is 5.02 Å². The first-order valence-corrected chi connectivity index (χ1v) is 8.45. The fraction of sp³-hybridized carbons (Fsp3) is 0.158. The van der Waals surface area contributed by atoms with Crippen molar-refractivity contribution in [2.45, 2.75) is 20.4 Å². The number of nitrogens with zero attached hydrogens (tertiary/aromatic N) is 3. The Labute approximate surface area is 156 Å². The number of rotatable bonds is 5.